The van der Waals surface area contributed by atoms with Gasteiger partial charge >= 0.3 is 6.18 Å². The smallest absolute Gasteiger partial charge is 0.380 e. The number of rotatable bonds is 1. The van der Waals surface area contributed by atoms with Gasteiger partial charge in [-0.2, -0.15) is 13.2 Å². The van der Waals surface area contributed by atoms with Gasteiger partial charge in [0.25, 0.3) is 0 Å². The molecule has 0 aliphatic heterocycles. The molecule has 6 heteroatoms. The first-order valence-corrected chi connectivity index (χ1v) is 6.35. The van der Waals surface area contributed by atoms with Gasteiger partial charge in [-0.1, -0.05) is 6.07 Å². The molecule has 1 aliphatic rings. The average molecular weight is 297 g/mol. The van der Waals surface area contributed by atoms with Gasteiger partial charge < -0.3 is 5.11 Å². The number of nitrogens with zero attached hydrogens (tertiary/aromatic N) is 1. The predicted molar refractivity (Wildman–Crippen MR) is 67.0 cm³/mol. The number of hydrogen-bond acceptors (Lipinski definition) is 2. The van der Waals surface area contributed by atoms with E-state index in [1.165, 1.54) is 12.1 Å². The Morgan fingerprint density at radius 3 is 2.62 bits per heavy atom. The monoisotopic (exact) mass is 297 g/mol. The average Bonchev–Trinajstić information content (AvgIpc) is 2.76. The Kier molecular flexibility index (Phi) is 3.02. The molecular weight excluding hydrogens is 286 g/mol. The molecule has 0 spiro atoms. The zero-order valence-corrected chi connectivity index (χ0v) is 10.8. The largest absolute Gasteiger partial charge is 0.416 e. The van der Waals surface area contributed by atoms with Gasteiger partial charge in [-0.3, -0.25) is 4.98 Å². The second kappa shape index (κ2) is 4.53. The van der Waals surface area contributed by atoms with Gasteiger partial charge in [0, 0.05) is 18.0 Å². The first-order valence-electron chi connectivity index (χ1n) is 6.35. The lowest BCUT2D eigenvalue weighted by Gasteiger charge is -2.27. The molecule has 0 radical (unpaired) electrons. The van der Waals surface area contributed by atoms with Crippen LogP contribution in [-0.2, 0) is 18.2 Å². The Morgan fingerprint density at radius 2 is 1.90 bits per heavy atom. The Morgan fingerprint density at radius 1 is 1.14 bits per heavy atom. The van der Waals surface area contributed by atoms with Crippen LogP contribution in [0.3, 0.4) is 0 Å². The number of aryl methyl sites for hydroxylation is 1. The number of fused-ring (bicyclic) bond motifs is 1. The number of benzene rings is 1. The van der Waals surface area contributed by atoms with Crippen LogP contribution in [-0.4, -0.2) is 10.1 Å². The van der Waals surface area contributed by atoms with Crippen LogP contribution in [0.2, 0.25) is 0 Å². The van der Waals surface area contributed by atoms with Crippen molar-refractivity contribution in [1.29, 1.82) is 0 Å². The maximum absolute atomic E-state index is 13.2. The van der Waals surface area contributed by atoms with E-state index >= 15 is 0 Å². The first-order chi connectivity index (χ1) is 9.82. The third-order valence-electron chi connectivity index (χ3n) is 3.84. The highest BCUT2D eigenvalue weighted by Crippen LogP contribution is 2.46. The standard InChI is InChI=1S/C15H11F4NO/c16-10-1-2-11-9(7-10)3-5-14(11,21)13-8-20-6-4-12(13)15(17,18)19/h1-2,4,6-8,21H,3,5H2. The third-order valence-corrected chi connectivity index (χ3v) is 3.84. The summed E-state index contributed by atoms with van der Waals surface area (Å²) in [5.74, 6) is -0.472. The number of aliphatic hydroxyl groups is 1. The summed E-state index contributed by atoms with van der Waals surface area (Å²) in [5.41, 5.74) is -2.17. The first kappa shape index (κ1) is 14.0. The summed E-state index contributed by atoms with van der Waals surface area (Å²) < 4.78 is 52.5. The van der Waals surface area contributed by atoms with Gasteiger partial charge in [0.05, 0.1) is 5.56 Å². The molecule has 0 saturated carbocycles. The number of aromatic nitrogens is 1. The van der Waals surface area contributed by atoms with Gasteiger partial charge in [0.2, 0.25) is 0 Å². The molecule has 1 aliphatic carbocycles. The van der Waals surface area contributed by atoms with Crippen molar-refractivity contribution in [2.45, 2.75) is 24.6 Å². The van der Waals surface area contributed by atoms with Crippen molar-refractivity contribution in [3.8, 4) is 0 Å². The van der Waals surface area contributed by atoms with Crippen LogP contribution < -0.4 is 0 Å². The normalized spacial score (nSPS) is 21.4. The molecule has 2 nitrogen and oxygen atoms in total. The van der Waals surface area contributed by atoms with Crippen LogP contribution >= 0.6 is 0 Å². The lowest BCUT2D eigenvalue weighted by molar-refractivity contribution is -0.140. The Bertz CT molecular complexity index is 698. The Hall–Kier alpha value is -1.95. The molecule has 1 unspecified atom stereocenters. The summed E-state index contributed by atoms with van der Waals surface area (Å²) in [5, 5.41) is 10.8. The Balaban J connectivity index is 2.19. The van der Waals surface area contributed by atoms with E-state index in [0.29, 0.717) is 17.5 Å². The fraction of sp³-hybridized carbons (Fsp3) is 0.267. The van der Waals surface area contributed by atoms with Crippen LogP contribution in [0.15, 0.2) is 36.7 Å². The molecule has 1 heterocycles. The molecule has 1 atom stereocenters. The summed E-state index contributed by atoms with van der Waals surface area (Å²) >= 11 is 0. The maximum Gasteiger partial charge on any atom is 0.416 e. The molecule has 2 aromatic rings. The molecule has 3 rings (SSSR count). The predicted octanol–water partition coefficient (Wildman–Crippen LogP) is 3.42. The van der Waals surface area contributed by atoms with Crippen LogP contribution in [0.25, 0.3) is 0 Å². The van der Waals surface area contributed by atoms with Gasteiger partial charge in [-0.15, -0.1) is 0 Å². The van der Waals surface area contributed by atoms with Gasteiger partial charge in [-0.25, -0.2) is 4.39 Å². The molecule has 110 valence electrons. The zero-order chi connectivity index (χ0) is 15.3. The molecular formula is C15H11F4NO. The SMILES string of the molecule is OC1(c2cnccc2C(F)(F)F)CCc2cc(F)ccc21. The fourth-order valence-electron chi connectivity index (χ4n) is 2.87. The summed E-state index contributed by atoms with van der Waals surface area (Å²) in [6.45, 7) is 0. The third kappa shape index (κ3) is 2.19. The van der Waals surface area contributed by atoms with Crippen molar-refractivity contribution in [2.24, 2.45) is 0 Å². The second-order valence-electron chi connectivity index (χ2n) is 5.08. The van der Waals surface area contributed by atoms with Gasteiger partial charge in [0.15, 0.2) is 0 Å². The van der Waals surface area contributed by atoms with E-state index in [9.17, 15) is 22.7 Å². The molecule has 0 amide bonds. The molecule has 0 saturated heterocycles. The minimum Gasteiger partial charge on any atom is -0.380 e. The van der Waals surface area contributed by atoms with Crippen molar-refractivity contribution < 1.29 is 22.7 Å². The number of pyridine rings is 1. The number of hydrogen-bond donors (Lipinski definition) is 1. The minimum absolute atomic E-state index is 0.0700. The van der Waals surface area contributed by atoms with Crippen molar-refractivity contribution in [3.05, 3.63) is 64.7 Å². The van der Waals surface area contributed by atoms with E-state index in [-0.39, 0.29) is 12.0 Å². The van der Waals surface area contributed by atoms with Gasteiger partial charge in [-0.05, 0) is 42.2 Å². The van der Waals surface area contributed by atoms with Crippen molar-refractivity contribution in [2.75, 3.05) is 0 Å². The lowest BCUT2D eigenvalue weighted by atomic mass is 9.86. The minimum atomic E-state index is -4.59. The van der Waals surface area contributed by atoms with E-state index < -0.39 is 23.2 Å². The highest BCUT2D eigenvalue weighted by molar-refractivity contribution is 5.47. The quantitative estimate of drug-likeness (QED) is 0.818. The van der Waals surface area contributed by atoms with E-state index in [4.69, 9.17) is 0 Å². The number of alkyl halides is 3. The molecule has 0 fully saturated rings. The summed E-state index contributed by atoms with van der Waals surface area (Å²) in [6, 6.07) is 4.56. The second-order valence-corrected chi connectivity index (χ2v) is 5.08. The number of halogens is 4. The molecule has 0 bridgehead atoms. The zero-order valence-electron chi connectivity index (χ0n) is 10.8. The molecule has 21 heavy (non-hydrogen) atoms. The highest BCUT2D eigenvalue weighted by Gasteiger charge is 2.45. The van der Waals surface area contributed by atoms with Gasteiger partial charge in [0.1, 0.15) is 11.4 Å². The van der Waals surface area contributed by atoms with Crippen molar-refractivity contribution in [3.63, 3.8) is 0 Å². The van der Waals surface area contributed by atoms with Crippen LogP contribution in [0.1, 0.15) is 28.7 Å². The van der Waals surface area contributed by atoms with E-state index in [1.54, 1.807) is 0 Å². The topological polar surface area (TPSA) is 33.1 Å². The van der Waals surface area contributed by atoms with Crippen molar-refractivity contribution in [1.82, 2.24) is 4.98 Å². The maximum atomic E-state index is 13.2. The van der Waals surface area contributed by atoms with E-state index in [0.717, 1.165) is 24.5 Å². The lowest BCUT2D eigenvalue weighted by Crippen LogP contribution is -2.28. The van der Waals surface area contributed by atoms with Crippen LogP contribution in [0.4, 0.5) is 17.6 Å². The van der Waals surface area contributed by atoms with Crippen LogP contribution in [0, 0.1) is 5.82 Å². The molecule has 1 N–H and O–H groups in total. The molecule has 1 aromatic heterocycles. The van der Waals surface area contributed by atoms with E-state index in [1.807, 2.05) is 0 Å². The highest BCUT2D eigenvalue weighted by atomic mass is 19.4. The summed E-state index contributed by atoms with van der Waals surface area (Å²) in [4.78, 5) is 3.71. The van der Waals surface area contributed by atoms with Crippen molar-refractivity contribution >= 4 is 0 Å². The van der Waals surface area contributed by atoms with E-state index in [2.05, 4.69) is 4.98 Å². The summed E-state index contributed by atoms with van der Waals surface area (Å²) in [7, 11) is 0. The summed E-state index contributed by atoms with van der Waals surface area (Å²) in [6.07, 6.45) is -2.13. The molecule has 1 aromatic carbocycles. The fourth-order valence-corrected chi connectivity index (χ4v) is 2.87. The Labute approximate surface area is 118 Å². The van der Waals surface area contributed by atoms with Crippen LogP contribution in [0.5, 0.6) is 0 Å².